The van der Waals surface area contributed by atoms with Gasteiger partial charge in [0.1, 0.15) is 17.3 Å². The second-order valence-electron chi connectivity index (χ2n) is 10.5. The molecule has 0 saturated carbocycles. The van der Waals surface area contributed by atoms with Gasteiger partial charge in [-0.2, -0.15) is 13.2 Å². The Hall–Kier alpha value is -3.87. The van der Waals surface area contributed by atoms with Crippen LogP contribution < -0.4 is 21.9 Å². The van der Waals surface area contributed by atoms with Crippen molar-refractivity contribution in [2.45, 2.75) is 38.8 Å². The fourth-order valence-corrected chi connectivity index (χ4v) is 5.59. The Morgan fingerprint density at radius 3 is 2.26 bits per heavy atom. The molecule has 0 radical (unpaired) electrons. The van der Waals surface area contributed by atoms with Crippen molar-refractivity contribution in [3.63, 3.8) is 0 Å². The summed E-state index contributed by atoms with van der Waals surface area (Å²) < 4.78 is 63.8. The number of aromatic nitrogens is 2. The molecule has 8 nitrogen and oxygen atoms in total. The molecule has 0 spiro atoms. The quantitative estimate of drug-likeness (QED) is 0.285. The minimum atomic E-state index is -4.85. The molecular formula is C30H30ClF4N5O3. The fraction of sp³-hybridized carbons (Fsp3) is 0.333. The van der Waals surface area contributed by atoms with E-state index in [9.17, 15) is 27.2 Å². The third-order valence-electron chi connectivity index (χ3n) is 7.70. The fourth-order valence-electron chi connectivity index (χ4n) is 5.43. The molecule has 43 heavy (non-hydrogen) atoms. The Labute approximate surface area is 249 Å². The zero-order valence-corrected chi connectivity index (χ0v) is 24.0. The number of nitrogens with zero attached hydrogens (tertiary/aromatic N) is 4. The highest BCUT2D eigenvalue weighted by molar-refractivity contribution is 6.28. The number of piperazine rings is 1. The number of furan rings is 1. The van der Waals surface area contributed by atoms with Crippen molar-refractivity contribution in [2.75, 3.05) is 31.1 Å². The second kappa shape index (κ2) is 12.4. The van der Waals surface area contributed by atoms with Gasteiger partial charge in [0, 0.05) is 43.5 Å². The first kappa shape index (κ1) is 30.6. The largest absolute Gasteiger partial charge is 0.448 e. The Bertz CT molecular complexity index is 1710. The van der Waals surface area contributed by atoms with Crippen LogP contribution in [-0.2, 0) is 25.8 Å². The van der Waals surface area contributed by atoms with Gasteiger partial charge < -0.3 is 15.1 Å². The Morgan fingerprint density at radius 2 is 1.63 bits per heavy atom. The van der Waals surface area contributed by atoms with Crippen LogP contribution in [0.4, 0.5) is 23.2 Å². The third-order valence-corrected chi connectivity index (χ3v) is 7.90. The monoisotopic (exact) mass is 619 g/mol. The van der Waals surface area contributed by atoms with Crippen molar-refractivity contribution < 1.29 is 22.0 Å². The van der Waals surface area contributed by atoms with Crippen molar-refractivity contribution in [1.82, 2.24) is 14.0 Å². The lowest BCUT2D eigenvalue weighted by molar-refractivity contribution is -0.138. The van der Waals surface area contributed by atoms with Gasteiger partial charge in [-0.25, -0.2) is 9.18 Å². The number of rotatable bonds is 8. The van der Waals surface area contributed by atoms with Crippen molar-refractivity contribution in [3.05, 3.63) is 121 Å². The molecular weight excluding hydrogens is 590 g/mol. The van der Waals surface area contributed by atoms with Crippen molar-refractivity contribution >= 4 is 17.3 Å². The maximum Gasteiger partial charge on any atom is 0.416 e. The summed E-state index contributed by atoms with van der Waals surface area (Å²) >= 11 is 5.88. The van der Waals surface area contributed by atoms with Gasteiger partial charge in [-0.1, -0.05) is 36.4 Å². The number of anilines is 1. The van der Waals surface area contributed by atoms with Crippen LogP contribution in [0.3, 0.4) is 0 Å². The smallest absolute Gasteiger partial charge is 0.416 e. The van der Waals surface area contributed by atoms with Crippen LogP contribution in [-0.4, -0.2) is 40.2 Å². The van der Waals surface area contributed by atoms with E-state index in [1.165, 1.54) is 6.92 Å². The average molecular weight is 620 g/mol. The minimum Gasteiger partial charge on any atom is -0.448 e. The maximum absolute atomic E-state index is 14.9. The van der Waals surface area contributed by atoms with Crippen LogP contribution >= 0.6 is 11.6 Å². The van der Waals surface area contributed by atoms with E-state index in [2.05, 4.69) is 4.90 Å². The van der Waals surface area contributed by atoms with E-state index < -0.39 is 47.0 Å². The number of halogens is 5. The molecule has 4 aromatic rings. The molecule has 2 N–H and O–H groups in total. The first-order chi connectivity index (χ1) is 20.4. The maximum atomic E-state index is 14.9. The van der Waals surface area contributed by atoms with E-state index in [1.807, 2.05) is 0 Å². The van der Waals surface area contributed by atoms with Gasteiger partial charge in [0.15, 0.2) is 5.22 Å². The first-order valence-electron chi connectivity index (χ1n) is 13.6. The summed E-state index contributed by atoms with van der Waals surface area (Å²) in [6.45, 7) is 2.89. The lowest BCUT2D eigenvalue weighted by Crippen LogP contribution is -2.51. The summed E-state index contributed by atoms with van der Waals surface area (Å²) in [5.41, 5.74) is 3.98. The highest BCUT2D eigenvalue weighted by Crippen LogP contribution is 2.33. The van der Waals surface area contributed by atoms with Crippen molar-refractivity contribution in [1.29, 1.82) is 0 Å². The molecule has 2 aromatic carbocycles. The molecule has 13 heteroatoms. The van der Waals surface area contributed by atoms with Gasteiger partial charge in [0.25, 0.3) is 5.56 Å². The topological polar surface area (TPSA) is 89.6 Å². The van der Waals surface area contributed by atoms with Gasteiger partial charge in [0.2, 0.25) is 0 Å². The van der Waals surface area contributed by atoms with E-state index in [-0.39, 0.29) is 23.1 Å². The molecule has 0 bridgehead atoms. The van der Waals surface area contributed by atoms with Gasteiger partial charge >= 0.3 is 11.9 Å². The third kappa shape index (κ3) is 6.56. The van der Waals surface area contributed by atoms with E-state index in [4.69, 9.17) is 21.8 Å². The lowest BCUT2D eigenvalue weighted by Gasteiger charge is -2.36. The standard InChI is InChI=1S/C30H30ClF4N5O3/c1-19-27(38-14-12-37(13-15-38)16-21-10-11-26(31)43-21)28(41)40(18-25(36)20-6-3-2-4-7-20)29(42)39(19)17-22-23(30(33,34)35)8-5-9-24(22)32/h2-11,25H,12-18,36H2,1H3. The summed E-state index contributed by atoms with van der Waals surface area (Å²) in [7, 11) is 0. The molecule has 1 fully saturated rings. The van der Waals surface area contributed by atoms with Crippen LogP contribution in [0, 0.1) is 12.7 Å². The van der Waals surface area contributed by atoms with Crippen LogP contribution in [0.15, 0.2) is 74.7 Å². The number of hydrogen-bond acceptors (Lipinski definition) is 6. The highest BCUT2D eigenvalue weighted by atomic mass is 35.5. The van der Waals surface area contributed by atoms with Gasteiger partial charge in [0.05, 0.1) is 25.2 Å². The van der Waals surface area contributed by atoms with Crippen molar-refractivity contribution in [3.8, 4) is 0 Å². The molecule has 1 aliphatic heterocycles. The molecule has 0 aliphatic carbocycles. The minimum absolute atomic E-state index is 0.141. The Kier molecular flexibility index (Phi) is 8.81. The molecule has 1 saturated heterocycles. The summed E-state index contributed by atoms with van der Waals surface area (Å²) in [6.07, 6.45) is -4.85. The number of hydrogen-bond donors (Lipinski definition) is 1. The highest BCUT2D eigenvalue weighted by Gasteiger charge is 2.35. The summed E-state index contributed by atoms with van der Waals surface area (Å²) in [5, 5.41) is 0.282. The summed E-state index contributed by atoms with van der Waals surface area (Å²) in [6, 6.07) is 14.2. The molecule has 5 rings (SSSR count). The van der Waals surface area contributed by atoms with Gasteiger partial charge in [-0.3, -0.25) is 18.8 Å². The normalized spacial score (nSPS) is 15.2. The van der Waals surface area contributed by atoms with Gasteiger partial charge in [-0.05, 0) is 48.4 Å². The average Bonchev–Trinajstić information content (AvgIpc) is 3.39. The Balaban J connectivity index is 1.55. The lowest BCUT2D eigenvalue weighted by atomic mass is 10.1. The Morgan fingerprint density at radius 1 is 0.930 bits per heavy atom. The molecule has 1 unspecified atom stereocenters. The van der Waals surface area contributed by atoms with E-state index >= 15 is 0 Å². The molecule has 3 heterocycles. The van der Waals surface area contributed by atoms with E-state index in [0.717, 1.165) is 27.3 Å². The summed E-state index contributed by atoms with van der Waals surface area (Å²) in [5.74, 6) is -0.418. The molecule has 1 aliphatic rings. The van der Waals surface area contributed by atoms with Crippen LogP contribution in [0.25, 0.3) is 0 Å². The van der Waals surface area contributed by atoms with E-state index in [0.29, 0.717) is 44.0 Å². The number of nitrogens with two attached hydrogens (primary N) is 1. The number of alkyl halides is 3. The van der Waals surface area contributed by atoms with E-state index in [1.54, 1.807) is 47.4 Å². The van der Waals surface area contributed by atoms with Gasteiger partial charge in [-0.15, -0.1) is 0 Å². The zero-order valence-electron chi connectivity index (χ0n) is 23.3. The first-order valence-corrected chi connectivity index (χ1v) is 14.0. The molecule has 228 valence electrons. The molecule has 1 atom stereocenters. The number of benzene rings is 2. The van der Waals surface area contributed by atoms with Crippen molar-refractivity contribution in [2.24, 2.45) is 5.73 Å². The predicted molar refractivity (Wildman–Crippen MR) is 155 cm³/mol. The SMILES string of the molecule is Cc1c(N2CCN(Cc3ccc(Cl)o3)CC2)c(=O)n(CC(N)c2ccccc2)c(=O)n1Cc1c(F)cccc1C(F)(F)F. The second-order valence-corrected chi connectivity index (χ2v) is 10.8. The molecule has 0 amide bonds. The predicted octanol–water partition coefficient (Wildman–Crippen LogP) is 4.79. The summed E-state index contributed by atoms with van der Waals surface area (Å²) in [4.78, 5) is 31.6. The molecule has 2 aromatic heterocycles. The van der Waals surface area contributed by atoms with Crippen LogP contribution in [0.2, 0.25) is 5.22 Å². The van der Waals surface area contributed by atoms with Crippen LogP contribution in [0.5, 0.6) is 0 Å². The van der Waals surface area contributed by atoms with Crippen LogP contribution in [0.1, 0.15) is 34.2 Å². The zero-order chi connectivity index (χ0) is 30.9.